The molecule has 0 amide bonds. The molecule has 58 valence electrons. The van der Waals surface area contributed by atoms with E-state index >= 15 is 0 Å². The molecule has 0 spiro atoms. The van der Waals surface area contributed by atoms with Gasteiger partial charge in [-0.1, -0.05) is 0 Å². The lowest BCUT2D eigenvalue weighted by Gasteiger charge is -2.31. The SMILES string of the molecule is NN1CCC2NCCC2C1. The molecule has 2 rings (SSSR count). The molecule has 3 N–H and O–H groups in total. The van der Waals surface area contributed by atoms with Gasteiger partial charge in [0.25, 0.3) is 0 Å². The van der Waals surface area contributed by atoms with Gasteiger partial charge in [0, 0.05) is 19.1 Å². The fourth-order valence-electron chi connectivity index (χ4n) is 2.08. The third-order valence-corrected chi connectivity index (χ3v) is 2.69. The lowest BCUT2D eigenvalue weighted by Crippen LogP contribution is -2.47. The number of rotatable bonds is 0. The maximum Gasteiger partial charge on any atom is 0.0172 e. The van der Waals surface area contributed by atoms with Crippen LogP contribution in [0.25, 0.3) is 0 Å². The van der Waals surface area contributed by atoms with Crippen molar-refractivity contribution in [2.75, 3.05) is 19.6 Å². The van der Waals surface area contributed by atoms with Gasteiger partial charge in [-0.05, 0) is 25.3 Å². The van der Waals surface area contributed by atoms with Gasteiger partial charge in [0.15, 0.2) is 0 Å². The standard InChI is InChI=1S/C7H15N3/c8-10-4-2-7-6(5-10)1-3-9-7/h6-7,9H,1-5,8H2. The molecule has 0 aliphatic carbocycles. The van der Waals surface area contributed by atoms with Crippen molar-refractivity contribution in [3.05, 3.63) is 0 Å². The maximum atomic E-state index is 5.70. The van der Waals surface area contributed by atoms with E-state index in [1.54, 1.807) is 0 Å². The number of piperidine rings is 1. The molecule has 2 aliphatic heterocycles. The van der Waals surface area contributed by atoms with Gasteiger partial charge in [0.2, 0.25) is 0 Å². The molecule has 2 aliphatic rings. The Balaban J connectivity index is 1.96. The van der Waals surface area contributed by atoms with Crippen LogP contribution in [0.1, 0.15) is 12.8 Å². The zero-order valence-corrected chi connectivity index (χ0v) is 6.21. The van der Waals surface area contributed by atoms with Crippen molar-refractivity contribution < 1.29 is 0 Å². The van der Waals surface area contributed by atoms with Gasteiger partial charge >= 0.3 is 0 Å². The van der Waals surface area contributed by atoms with Gasteiger partial charge in [0.05, 0.1) is 0 Å². The van der Waals surface area contributed by atoms with Crippen molar-refractivity contribution in [1.29, 1.82) is 0 Å². The highest BCUT2D eigenvalue weighted by Gasteiger charge is 2.31. The summed E-state index contributed by atoms with van der Waals surface area (Å²) >= 11 is 0. The summed E-state index contributed by atoms with van der Waals surface area (Å²) < 4.78 is 0. The molecule has 2 heterocycles. The van der Waals surface area contributed by atoms with E-state index in [0.717, 1.165) is 25.0 Å². The molecule has 3 heteroatoms. The summed E-state index contributed by atoms with van der Waals surface area (Å²) in [5, 5.41) is 5.45. The number of fused-ring (bicyclic) bond motifs is 1. The van der Waals surface area contributed by atoms with Crippen molar-refractivity contribution >= 4 is 0 Å². The number of nitrogens with two attached hydrogens (primary N) is 1. The van der Waals surface area contributed by atoms with Crippen LogP contribution in [0, 0.1) is 5.92 Å². The lowest BCUT2D eigenvalue weighted by molar-refractivity contribution is 0.165. The molecule has 2 fully saturated rings. The third kappa shape index (κ3) is 1.05. The summed E-state index contributed by atoms with van der Waals surface area (Å²) in [5.74, 6) is 6.53. The summed E-state index contributed by atoms with van der Waals surface area (Å²) in [6.45, 7) is 3.36. The Hall–Kier alpha value is -0.120. The quantitative estimate of drug-likeness (QED) is 0.449. The van der Waals surface area contributed by atoms with E-state index in [0.29, 0.717) is 0 Å². The van der Waals surface area contributed by atoms with Gasteiger partial charge in [-0.2, -0.15) is 0 Å². The Morgan fingerprint density at radius 1 is 1.40 bits per heavy atom. The van der Waals surface area contributed by atoms with Crippen LogP contribution in [-0.2, 0) is 0 Å². The van der Waals surface area contributed by atoms with E-state index in [1.807, 2.05) is 5.01 Å². The van der Waals surface area contributed by atoms with E-state index in [1.165, 1.54) is 19.4 Å². The number of hydrazine groups is 1. The third-order valence-electron chi connectivity index (χ3n) is 2.69. The van der Waals surface area contributed by atoms with Gasteiger partial charge in [-0.15, -0.1) is 0 Å². The van der Waals surface area contributed by atoms with Gasteiger partial charge in [-0.25, -0.2) is 5.01 Å². The molecule has 0 aromatic carbocycles. The van der Waals surface area contributed by atoms with Gasteiger partial charge in [0.1, 0.15) is 0 Å². The summed E-state index contributed by atoms with van der Waals surface area (Å²) in [6, 6.07) is 0.778. The molecule has 0 bridgehead atoms. The molecular formula is C7H15N3. The normalized spacial score (nSPS) is 41.7. The first kappa shape index (κ1) is 6.58. The highest BCUT2D eigenvalue weighted by atomic mass is 15.4. The lowest BCUT2D eigenvalue weighted by atomic mass is 9.94. The minimum atomic E-state index is 0.778. The van der Waals surface area contributed by atoms with E-state index in [4.69, 9.17) is 5.84 Å². The maximum absolute atomic E-state index is 5.70. The first-order valence-corrected chi connectivity index (χ1v) is 4.09. The van der Waals surface area contributed by atoms with Crippen molar-refractivity contribution in [3.8, 4) is 0 Å². The fourth-order valence-corrected chi connectivity index (χ4v) is 2.08. The van der Waals surface area contributed by atoms with Crippen LogP contribution in [0.15, 0.2) is 0 Å². The topological polar surface area (TPSA) is 41.3 Å². The average Bonchev–Trinajstić information content (AvgIpc) is 2.33. The summed E-state index contributed by atoms with van der Waals surface area (Å²) in [4.78, 5) is 0. The van der Waals surface area contributed by atoms with Crippen molar-refractivity contribution in [2.24, 2.45) is 11.8 Å². The molecule has 10 heavy (non-hydrogen) atoms. The van der Waals surface area contributed by atoms with Crippen LogP contribution >= 0.6 is 0 Å². The first-order chi connectivity index (χ1) is 4.86. The molecule has 0 aromatic heterocycles. The van der Waals surface area contributed by atoms with Crippen LogP contribution < -0.4 is 11.2 Å². The van der Waals surface area contributed by atoms with Crippen molar-refractivity contribution in [3.63, 3.8) is 0 Å². The predicted molar refractivity (Wildman–Crippen MR) is 40.3 cm³/mol. The van der Waals surface area contributed by atoms with Crippen molar-refractivity contribution in [1.82, 2.24) is 10.3 Å². The van der Waals surface area contributed by atoms with E-state index < -0.39 is 0 Å². The second-order valence-electron chi connectivity index (χ2n) is 3.39. The Morgan fingerprint density at radius 2 is 2.30 bits per heavy atom. The summed E-state index contributed by atoms with van der Waals surface area (Å²) in [7, 11) is 0. The number of hydrogen-bond acceptors (Lipinski definition) is 3. The first-order valence-electron chi connectivity index (χ1n) is 4.09. The second-order valence-corrected chi connectivity index (χ2v) is 3.39. The molecule has 0 aromatic rings. The monoisotopic (exact) mass is 141 g/mol. The summed E-state index contributed by atoms with van der Waals surface area (Å²) in [5.41, 5.74) is 0. The zero-order valence-electron chi connectivity index (χ0n) is 6.21. The second kappa shape index (κ2) is 2.49. The van der Waals surface area contributed by atoms with Crippen LogP contribution in [0.3, 0.4) is 0 Å². The molecule has 3 nitrogen and oxygen atoms in total. The van der Waals surface area contributed by atoms with E-state index in [-0.39, 0.29) is 0 Å². The van der Waals surface area contributed by atoms with Crippen molar-refractivity contribution in [2.45, 2.75) is 18.9 Å². The fraction of sp³-hybridized carbons (Fsp3) is 1.00. The van der Waals surface area contributed by atoms with Gasteiger partial charge in [-0.3, -0.25) is 5.84 Å². The number of hydrogen-bond donors (Lipinski definition) is 2. The average molecular weight is 141 g/mol. The Labute approximate surface area is 61.5 Å². The number of nitrogens with one attached hydrogen (secondary N) is 1. The predicted octanol–water partition coefficient (Wildman–Crippen LogP) is -0.456. The Bertz CT molecular complexity index is 126. The smallest absolute Gasteiger partial charge is 0.0172 e. The van der Waals surface area contributed by atoms with Crippen LogP contribution in [0.4, 0.5) is 0 Å². The Kier molecular flexibility index (Phi) is 1.64. The Morgan fingerprint density at radius 3 is 3.20 bits per heavy atom. The van der Waals surface area contributed by atoms with Crippen LogP contribution in [0.5, 0.6) is 0 Å². The summed E-state index contributed by atoms with van der Waals surface area (Å²) in [6.07, 6.45) is 2.56. The van der Waals surface area contributed by atoms with Gasteiger partial charge < -0.3 is 5.32 Å². The minimum Gasteiger partial charge on any atom is -0.314 e. The number of nitrogens with zero attached hydrogens (tertiary/aromatic N) is 1. The van der Waals surface area contributed by atoms with E-state index in [9.17, 15) is 0 Å². The minimum absolute atomic E-state index is 0.778. The highest BCUT2D eigenvalue weighted by Crippen LogP contribution is 2.22. The zero-order chi connectivity index (χ0) is 6.97. The molecule has 2 atom stereocenters. The molecule has 0 saturated carbocycles. The van der Waals surface area contributed by atoms with Crippen LogP contribution in [0.2, 0.25) is 0 Å². The molecule has 2 saturated heterocycles. The molecule has 2 unspecified atom stereocenters. The molecular weight excluding hydrogens is 126 g/mol. The molecule has 0 radical (unpaired) electrons. The van der Waals surface area contributed by atoms with E-state index in [2.05, 4.69) is 5.32 Å². The van der Waals surface area contributed by atoms with Crippen LogP contribution in [-0.4, -0.2) is 30.7 Å². The largest absolute Gasteiger partial charge is 0.314 e. The highest BCUT2D eigenvalue weighted by molar-refractivity contribution is 4.88.